The van der Waals surface area contributed by atoms with Crippen molar-refractivity contribution >= 4 is 44.8 Å². The van der Waals surface area contributed by atoms with Gasteiger partial charge in [0.1, 0.15) is 5.82 Å². The molecule has 0 bridgehead atoms. The first-order valence-electron chi connectivity index (χ1n) is 8.40. The van der Waals surface area contributed by atoms with E-state index in [9.17, 15) is 35.9 Å². The molecule has 0 fully saturated rings. The summed E-state index contributed by atoms with van der Waals surface area (Å²) in [6, 6.07) is 5.97. The van der Waals surface area contributed by atoms with Crippen LogP contribution in [0.5, 0.6) is 0 Å². The number of thioether (sulfide) groups is 1. The molecule has 0 radical (unpaired) electrons. The summed E-state index contributed by atoms with van der Waals surface area (Å²) in [5, 5.41) is 19.5. The molecule has 170 valence electrons. The Hall–Kier alpha value is -1.86. The highest BCUT2D eigenvalue weighted by Crippen LogP contribution is 2.34. The van der Waals surface area contributed by atoms with Crippen molar-refractivity contribution in [3.63, 3.8) is 0 Å². The lowest BCUT2D eigenvalue weighted by atomic mass is 10.1. The molecule has 0 saturated carbocycles. The highest BCUT2D eigenvalue weighted by Gasteiger charge is 2.55. The molecule has 0 spiro atoms. The van der Waals surface area contributed by atoms with Gasteiger partial charge in [-0.15, -0.1) is 11.8 Å². The molecular weight excluding hydrogens is 486 g/mol. The van der Waals surface area contributed by atoms with Gasteiger partial charge in [-0.25, -0.2) is 12.8 Å². The van der Waals surface area contributed by atoms with Gasteiger partial charge < -0.3 is 15.5 Å². The molecule has 31 heavy (non-hydrogen) atoms. The van der Waals surface area contributed by atoms with E-state index in [1.165, 1.54) is 6.07 Å². The van der Waals surface area contributed by atoms with Crippen LogP contribution in [0, 0.1) is 5.82 Å². The van der Waals surface area contributed by atoms with Crippen LogP contribution in [0.15, 0.2) is 51.1 Å². The normalized spacial score (nSPS) is 14.2. The molecule has 0 saturated heterocycles. The van der Waals surface area contributed by atoms with Gasteiger partial charge in [-0.1, -0.05) is 11.6 Å². The standard InChI is InChI=1S/C18H16ClF4NO5S2/c1-17(27,18(21,22)23)16(26)24-14-4-2-10(8-12(14)19)31(28,29)11-3-5-15(13(20)9-11)30-7-6-25/h2-5,8-9,25,27H,6-7H2,1H3,(H,24,26). The molecule has 2 rings (SSSR count). The van der Waals surface area contributed by atoms with E-state index in [-0.39, 0.29) is 29.9 Å². The van der Waals surface area contributed by atoms with Crippen LogP contribution in [0.25, 0.3) is 0 Å². The van der Waals surface area contributed by atoms with Crippen LogP contribution in [0.2, 0.25) is 5.02 Å². The Morgan fingerprint density at radius 3 is 2.26 bits per heavy atom. The third kappa shape index (κ3) is 5.50. The number of hydrogen-bond acceptors (Lipinski definition) is 6. The number of halogens is 5. The number of alkyl halides is 3. The number of nitrogens with one attached hydrogen (secondary N) is 1. The molecule has 6 nitrogen and oxygen atoms in total. The molecule has 0 aromatic heterocycles. The molecule has 13 heteroatoms. The number of amides is 1. The molecule has 0 aliphatic heterocycles. The van der Waals surface area contributed by atoms with Gasteiger partial charge >= 0.3 is 6.18 Å². The number of hydrogen-bond donors (Lipinski definition) is 3. The maximum absolute atomic E-state index is 14.2. The van der Waals surface area contributed by atoms with Crippen LogP contribution in [-0.4, -0.2) is 48.7 Å². The Balaban J connectivity index is 2.32. The third-order valence-electron chi connectivity index (χ3n) is 4.06. The second kappa shape index (κ2) is 9.33. The number of benzene rings is 2. The fourth-order valence-electron chi connectivity index (χ4n) is 2.19. The Morgan fingerprint density at radius 2 is 1.74 bits per heavy atom. The Bertz CT molecular complexity index is 1090. The summed E-state index contributed by atoms with van der Waals surface area (Å²) in [7, 11) is -4.24. The first-order chi connectivity index (χ1) is 14.2. The number of rotatable bonds is 7. The number of aliphatic hydroxyl groups excluding tert-OH is 1. The van der Waals surface area contributed by atoms with Crippen LogP contribution in [0.3, 0.4) is 0 Å². The molecule has 3 N–H and O–H groups in total. The minimum atomic E-state index is -5.25. The van der Waals surface area contributed by atoms with E-state index < -0.39 is 48.2 Å². The fraction of sp³-hybridized carbons (Fsp3) is 0.278. The first kappa shape index (κ1) is 25.4. The minimum Gasteiger partial charge on any atom is -0.396 e. The zero-order valence-corrected chi connectivity index (χ0v) is 18.1. The average molecular weight is 502 g/mol. The van der Waals surface area contributed by atoms with Crippen LogP contribution in [-0.2, 0) is 14.6 Å². The van der Waals surface area contributed by atoms with Crippen LogP contribution < -0.4 is 5.32 Å². The molecule has 0 aliphatic rings. The average Bonchev–Trinajstić information content (AvgIpc) is 2.67. The maximum Gasteiger partial charge on any atom is 0.426 e. The Kier molecular flexibility index (Phi) is 7.64. The number of carbonyl (C=O) groups excluding carboxylic acids is 1. The Labute approximate surface area is 184 Å². The van der Waals surface area contributed by atoms with E-state index in [4.69, 9.17) is 16.7 Å². The van der Waals surface area contributed by atoms with E-state index in [1.807, 2.05) is 0 Å². The van der Waals surface area contributed by atoms with Crippen LogP contribution in [0.4, 0.5) is 23.2 Å². The summed E-state index contributed by atoms with van der Waals surface area (Å²) in [6.07, 6.45) is -5.25. The van der Waals surface area contributed by atoms with Crippen molar-refractivity contribution in [2.24, 2.45) is 0 Å². The summed E-state index contributed by atoms with van der Waals surface area (Å²) in [5.74, 6) is -2.41. The van der Waals surface area contributed by atoms with Crippen molar-refractivity contribution in [1.82, 2.24) is 0 Å². The monoisotopic (exact) mass is 501 g/mol. The lowest BCUT2D eigenvalue weighted by Gasteiger charge is -2.25. The lowest BCUT2D eigenvalue weighted by Crippen LogP contribution is -2.52. The third-order valence-corrected chi connectivity index (χ3v) is 7.15. The SMILES string of the molecule is CC(O)(C(=O)Nc1ccc(S(=O)(=O)c2ccc(SCCO)c(F)c2)cc1Cl)C(F)(F)F. The Morgan fingerprint density at radius 1 is 1.16 bits per heavy atom. The fourth-order valence-corrected chi connectivity index (χ4v) is 4.46. The van der Waals surface area contributed by atoms with Crippen molar-refractivity contribution < 1.29 is 41.0 Å². The van der Waals surface area contributed by atoms with Crippen molar-refractivity contribution in [3.8, 4) is 0 Å². The van der Waals surface area contributed by atoms with E-state index in [0.29, 0.717) is 0 Å². The van der Waals surface area contributed by atoms with E-state index >= 15 is 0 Å². The lowest BCUT2D eigenvalue weighted by molar-refractivity contribution is -0.242. The zero-order chi connectivity index (χ0) is 23.6. The largest absolute Gasteiger partial charge is 0.426 e. The van der Waals surface area contributed by atoms with E-state index in [2.05, 4.69) is 0 Å². The van der Waals surface area contributed by atoms with Crippen molar-refractivity contribution in [1.29, 1.82) is 0 Å². The molecule has 0 heterocycles. The highest BCUT2D eigenvalue weighted by atomic mass is 35.5. The van der Waals surface area contributed by atoms with E-state index in [1.54, 1.807) is 5.32 Å². The molecule has 2 aromatic carbocycles. The summed E-state index contributed by atoms with van der Waals surface area (Å²) >= 11 is 6.90. The van der Waals surface area contributed by atoms with Gasteiger partial charge in [-0.05, 0) is 43.3 Å². The molecular formula is C18H16ClF4NO5S2. The number of carbonyl (C=O) groups is 1. The molecule has 1 amide bonds. The molecule has 2 aromatic rings. The van der Waals surface area contributed by atoms with Crippen LogP contribution >= 0.6 is 23.4 Å². The van der Waals surface area contributed by atoms with Gasteiger partial charge in [0.2, 0.25) is 15.4 Å². The summed E-state index contributed by atoms with van der Waals surface area (Å²) in [6.45, 7) is 0.0655. The van der Waals surface area contributed by atoms with Gasteiger partial charge in [0.15, 0.2) is 0 Å². The molecule has 0 aliphatic carbocycles. The summed E-state index contributed by atoms with van der Waals surface area (Å²) in [5.41, 5.74) is -4.06. The van der Waals surface area contributed by atoms with Crippen LogP contribution in [0.1, 0.15) is 6.92 Å². The maximum atomic E-state index is 14.2. The first-order valence-corrected chi connectivity index (χ1v) is 11.2. The summed E-state index contributed by atoms with van der Waals surface area (Å²) in [4.78, 5) is 11.1. The molecule has 1 atom stereocenters. The predicted molar refractivity (Wildman–Crippen MR) is 106 cm³/mol. The summed E-state index contributed by atoms with van der Waals surface area (Å²) < 4.78 is 77.9. The second-order valence-electron chi connectivity index (χ2n) is 6.33. The van der Waals surface area contributed by atoms with Crippen molar-refractivity contribution in [3.05, 3.63) is 47.2 Å². The van der Waals surface area contributed by atoms with Gasteiger partial charge in [0.05, 0.1) is 27.1 Å². The number of sulfone groups is 1. The molecule has 1 unspecified atom stereocenters. The number of anilines is 1. The zero-order valence-electron chi connectivity index (χ0n) is 15.7. The highest BCUT2D eigenvalue weighted by molar-refractivity contribution is 7.99. The van der Waals surface area contributed by atoms with Crippen molar-refractivity contribution in [2.75, 3.05) is 17.7 Å². The second-order valence-corrected chi connectivity index (χ2v) is 9.83. The predicted octanol–water partition coefficient (Wildman–Crippen LogP) is 3.65. The smallest absolute Gasteiger partial charge is 0.396 e. The van der Waals surface area contributed by atoms with Crippen molar-refractivity contribution in [2.45, 2.75) is 33.4 Å². The van der Waals surface area contributed by atoms with Gasteiger partial charge in [-0.2, -0.15) is 13.2 Å². The topological polar surface area (TPSA) is 104 Å². The van der Waals surface area contributed by atoms with Gasteiger partial charge in [-0.3, -0.25) is 4.79 Å². The van der Waals surface area contributed by atoms with Gasteiger partial charge in [0.25, 0.3) is 5.91 Å². The minimum absolute atomic E-state index is 0.140. The quantitative estimate of drug-likeness (QED) is 0.395. The van der Waals surface area contributed by atoms with Gasteiger partial charge in [0, 0.05) is 10.6 Å². The number of aliphatic hydroxyl groups is 2. The van der Waals surface area contributed by atoms with E-state index in [0.717, 1.165) is 42.1 Å².